The monoisotopic (exact) mass is 676 g/mol. The third-order valence-corrected chi connectivity index (χ3v) is 10.1. The Morgan fingerprint density at radius 3 is 1.38 bits per heavy atom. The largest absolute Gasteiger partial charge is 0.455 e. The average Bonchev–Trinajstić information content (AvgIpc) is 3.63. The highest BCUT2D eigenvalue weighted by Crippen LogP contribution is 2.42. The molecular formula is C50H32N2O. The molecule has 0 saturated heterocycles. The average molecular weight is 677 g/mol. The number of aromatic nitrogens is 2. The molecule has 2 aromatic heterocycles. The van der Waals surface area contributed by atoms with Crippen molar-refractivity contribution in [2.45, 2.75) is 0 Å². The van der Waals surface area contributed by atoms with Gasteiger partial charge in [-0.25, -0.2) is 9.97 Å². The predicted molar refractivity (Wildman–Crippen MR) is 219 cm³/mol. The number of para-hydroxylation sites is 1. The van der Waals surface area contributed by atoms with Crippen LogP contribution in [0.1, 0.15) is 0 Å². The fourth-order valence-corrected chi connectivity index (χ4v) is 7.45. The van der Waals surface area contributed by atoms with Crippen molar-refractivity contribution < 1.29 is 4.42 Å². The third-order valence-electron chi connectivity index (χ3n) is 10.1. The van der Waals surface area contributed by atoms with Crippen LogP contribution in [0.5, 0.6) is 0 Å². The summed E-state index contributed by atoms with van der Waals surface area (Å²) in [6.45, 7) is 0. The molecule has 3 heteroatoms. The first-order valence-electron chi connectivity index (χ1n) is 17.9. The molecule has 0 spiro atoms. The maximum absolute atomic E-state index is 6.71. The highest BCUT2D eigenvalue weighted by Gasteiger charge is 2.17. The van der Waals surface area contributed by atoms with Crippen LogP contribution in [0, 0.1) is 0 Å². The van der Waals surface area contributed by atoms with Gasteiger partial charge in [0.2, 0.25) is 0 Å². The van der Waals surface area contributed by atoms with Crippen molar-refractivity contribution in [1.82, 2.24) is 9.97 Å². The summed E-state index contributed by atoms with van der Waals surface area (Å²) in [6.07, 6.45) is 0. The summed E-state index contributed by atoms with van der Waals surface area (Å²) >= 11 is 0. The Labute approximate surface area is 307 Å². The Hall–Kier alpha value is -7.10. The second-order valence-corrected chi connectivity index (χ2v) is 13.3. The molecule has 0 aliphatic carbocycles. The molecule has 0 saturated carbocycles. The van der Waals surface area contributed by atoms with Crippen molar-refractivity contribution in [3.8, 4) is 67.3 Å². The highest BCUT2D eigenvalue weighted by atomic mass is 16.3. The zero-order valence-electron chi connectivity index (χ0n) is 28.8. The van der Waals surface area contributed by atoms with Crippen LogP contribution in [0.15, 0.2) is 199 Å². The van der Waals surface area contributed by atoms with Gasteiger partial charge in [0.1, 0.15) is 11.2 Å². The van der Waals surface area contributed by atoms with Crippen LogP contribution < -0.4 is 0 Å². The van der Waals surface area contributed by atoms with E-state index in [0.29, 0.717) is 5.82 Å². The van der Waals surface area contributed by atoms with Gasteiger partial charge >= 0.3 is 0 Å². The summed E-state index contributed by atoms with van der Waals surface area (Å²) in [7, 11) is 0. The summed E-state index contributed by atoms with van der Waals surface area (Å²) in [4.78, 5) is 9.96. The van der Waals surface area contributed by atoms with Gasteiger partial charge in [-0.1, -0.05) is 182 Å². The second kappa shape index (κ2) is 12.9. The third kappa shape index (κ3) is 5.56. The maximum Gasteiger partial charge on any atom is 0.160 e. The van der Waals surface area contributed by atoms with Crippen LogP contribution in [0.3, 0.4) is 0 Å². The molecule has 0 N–H and O–H groups in total. The van der Waals surface area contributed by atoms with Crippen LogP contribution in [0.2, 0.25) is 0 Å². The molecule has 248 valence electrons. The number of fused-ring (bicyclic) bond motifs is 5. The zero-order valence-corrected chi connectivity index (χ0v) is 28.8. The van der Waals surface area contributed by atoms with E-state index in [1.807, 2.05) is 42.5 Å². The standard InChI is InChI=1S/C50H32N2O/c1-4-13-35(14-5-1)40-21-12-22-43-45-31-44(41-19-10-11-20-42(41)49(45)53-48(40)43)36-27-23-33(24-28-36)34-25-29-38(30-26-34)47-32-46(37-15-6-2-7-16-37)51-50(52-47)39-17-8-3-9-18-39/h1-32H. The Morgan fingerprint density at radius 1 is 0.283 bits per heavy atom. The summed E-state index contributed by atoms with van der Waals surface area (Å²) in [5, 5.41) is 4.54. The predicted octanol–water partition coefficient (Wildman–Crippen LogP) is 13.5. The van der Waals surface area contributed by atoms with Gasteiger partial charge in [-0.15, -0.1) is 0 Å². The molecule has 2 heterocycles. The Bertz CT molecular complexity index is 2840. The summed E-state index contributed by atoms with van der Waals surface area (Å²) in [5.74, 6) is 0.715. The number of hydrogen-bond acceptors (Lipinski definition) is 3. The van der Waals surface area contributed by atoms with Crippen molar-refractivity contribution in [2.24, 2.45) is 0 Å². The molecule has 0 aliphatic heterocycles. The lowest BCUT2D eigenvalue weighted by Crippen LogP contribution is -1.95. The van der Waals surface area contributed by atoms with Crippen molar-refractivity contribution >= 4 is 32.7 Å². The highest BCUT2D eigenvalue weighted by molar-refractivity contribution is 6.20. The molecule has 0 aliphatic rings. The minimum atomic E-state index is 0.715. The molecule has 0 radical (unpaired) electrons. The minimum Gasteiger partial charge on any atom is -0.455 e. The van der Waals surface area contributed by atoms with E-state index >= 15 is 0 Å². The van der Waals surface area contributed by atoms with Crippen molar-refractivity contribution in [2.75, 3.05) is 0 Å². The Kier molecular flexibility index (Phi) is 7.47. The molecule has 0 unspecified atom stereocenters. The van der Waals surface area contributed by atoms with Crippen molar-refractivity contribution in [1.29, 1.82) is 0 Å². The fraction of sp³-hybridized carbons (Fsp3) is 0. The van der Waals surface area contributed by atoms with Crippen molar-refractivity contribution in [3.63, 3.8) is 0 Å². The van der Waals surface area contributed by atoms with Gasteiger partial charge in [-0.05, 0) is 45.3 Å². The van der Waals surface area contributed by atoms with Crippen LogP contribution >= 0.6 is 0 Å². The van der Waals surface area contributed by atoms with E-state index in [2.05, 4.69) is 152 Å². The van der Waals surface area contributed by atoms with E-state index in [9.17, 15) is 0 Å². The van der Waals surface area contributed by atoms with Gasteiger partial charge in [0.05, 0.1) is 11.4 Å². The van der Waals surface area contributed by atoms with Crippen LogP contribution in [-0.4, -0.2) is 9.97 Å². The lowest BCUT2D eigenvalue weighted by atomic mass is 9.93. The Balaban J connectivity index is 1.01. The molecule has 10 rings (SSSR count). The quantitative estimate of drug-likeness (QED) is 0.176. The Morgan fingerprint density at radius 2 is 0.736 bits per heavy atom. The normalized spacial score (nSPS) is 11.4. The minimum absolute atomic E-state index is 0.715. The molecule has 8 aromatic carbocycles. The van der Waals surface area contributed by atoms with Gasteiger partial charge < -0.3 is 4.42 Å². The lowest BCUT2D eigenvalue weighted by molar-refractivity contribution is 0.674. The maximum atomic E-state index is 6.71. The zero-order chi connectivity index (χ0) is 35.1. The van der Waals surface area contributed by atoms with Gasteiger partial charge in [-0.3, -0.25) is 0 Å². The SMILES string of the molecule is c1ccc(-c2cc(-c3ccc(-c4ccc(-c5cc6c7cccc(-c8ccccc8)c7oc6c6ccccc56)cc4)cc3)nc(-c3ccccc3)n2)cc1. The van der Waals surface area contributed by atoms with Crippen LogP contribution in [0.25, 0.3) is 100.0 Å². The van der Waals surface area contributed by atoms with E-state index in [4.69, 9.17) is 14.4 Å². The smallest absolute Gasteiger partial charge is 0.160 e. The fourth-order valence-electron chi connectivity index (χ4n) is 7.45. The molecular weight excluding hydrogens is 645 g/mol. The first kappa shape index (κ1) is 30.7. The number of hydrogen-bond donors (Lipinski definition) is 0. The van der Waals surface area contributed by atoms with Crippen LogP contribution in [-0.2, 0) is 0 Å². The molecule has 53 heavy (non-hydrogen) atoms. The van der Waals surface area contributed by atoms with Crippen LogP contribution in [0.4, 0.5) is 0 Å². The van der Waals surface area contributed by atoms with Crippen molar-refractivity contribution in [3.05, 3.63) is 194 Å². The molecule has 0 atom stereocenters. The van der Waals surface area contributed by atoms with E-state index in [0.717, 1.165) is 77.7 Å². The number of furan rings is 1. The van der Waals surface area contributed by atoms with E-state index in [1.165, 1.54) is 16.5 Å². The number of rotatable bonds is 6. The first-order valence-corrected chi connectivity index (χ1v) is 17.9. The molecule has 0 amide bonds. The number of benzene rings is 8. The van der Waals surface area contributed by atoms with Gasteiger partial charge in [0, 0.05) is 38.4 Å². The van der Waals surface area contributed by atoms with Gasteiger partial charge in [-0.2, -0.15) is 0 Å². The first-order chi connectivity index (χ1) is 26.3. The van der Waals surface area contributed by atoms with Gasteiger partial charge in [0.15, 0.2) is 5.82 Å². The summed E-state index contributed by atoms with van der Waals surface area (Å²) in [6, 6.07) is 67.9. The summed E-state index contributed by atoms with van der Waals surface area (Å²) < 4.78 is 6.71. The lowest BCUT2D eigenvalue weighted by Gasteiger charge is -2.11. The molecule has 0 fully saturated rings. The van der Waals surface area contributed by atoms with Gasteiger partial charge in [0.25, 0.3) is 0 Å². The molecule has 0 bridgehead atoms. The molecule has 10 aromatic rings. The van der Waals surface area contributed by atoms with E-state index in [-0.39, 0.29) is 0 Å². The topological polar surface area (TPSA) is 38.9 Å². The van der Waals surface area contributed by atoms with E-state index in [1.54, 1.807) is 0 Å². The number of nitrogens with zero attached hydrogens (tertiary/aromatic N) is 2. The molecule has 3 nitrogen and oxygen atoms in total. The summed E-state index contributed by atoms with van der Waals surface area (Å²) in [5.41, 5.74) is 13.7. The van der Waals surface area contributed by atoms with E-state index < -0.39 is 0 Å². The second-order valence-electron chi connectivity index (χ2n) is 13.3.